The Balaban J connectivity index is 2.02. The Morgan fingerprint density at radius 2 is 1.85 bits per heavy atom. The summed E-state index contributed by atoms with van der Waals surface area (Å²) >= 11 is 5.92. The molecule has 0 radical (unpaired) electrons. The lowest BCUT2D eigenvalue weighted by Gasteiger charge is -2.29. The number of rotatable bonds is 9. The van der Waals surface area contributed by atoms with Gasteiger partial charge in [0, 0.05) is 49.1 Å². The van der Waals surface area contributed by atoms with Crippen molar-refractivity contribution in [3.05, 3.63) is 85.1 Å². The maximum Gasteiger partial charge on any atom is 0.264 e. The molecule has 0 atom stereocenters. The normalized spacial score (nSPS) is 13.6. The van der Waals surface area contributed by atoms with Crippen molar-refractivity contribution in [1.82, 2.24) is 14.8 Å². The number of pyridine rings is 1. The molecule has 0 unspecified atom stereocenters. The van der Waals surface area contributed by atoms with Crippen LogP contribution in [0.25, 0.3) is 6.08 Å². The molecule has 3 rings (SSSR count). The second-order valence-electron chi connectivity index (χ2n) is 10.5. The topological polar surface area (TPSA) is 126 Å². The third-order valence-electron chi connectivity index (χ3n) is 6.44. The number of hydrogen-bond donors (Lipinski definition) is 2. The van der Waals surface area contributed by atoms with E-state index < -0.39 is 26.7 Å². The number of aliphatic hydroxyl groups is 1. The van der Waals surface area contributed by atoms with E-state index in [-0.39, 0.29) is 42.6 Å². The van der Waals surface area contributed by atoms with Crippen LogP contribution in [0.4, 0.5) is 0 Å². The first kappa shape index (κ1) is 30.3. The fourth-order valence-corrected chi connectivity index (χ4v) is 5.12. The molecule has 0 spiro atoms. The number of fused-ring (bicyclic) bond motifs is 1. The van der Waals surface area contributed by atoms with Crippen LogP contribution in [0.1, 0.15) is 47.4 Å². The van der Waals surface area contributed by atoms with Gasteiger partial charge >= 0.3 is 0 Å². The van der Waals surface area contributed by atoms with Crippen molar-refractivity contribution in [2.75, 3.05) is 26.5 Å². The van der Waals surface area contributed by atoms with E-state index >= 15 is 0 Å². The van der Waals surface area contributed by atoms with Crippen LogP contribution in [-0.2, 0) is 34.1 Å². The number of allylic oxidation sites excluding steroid dienone is 2. The van der Waals surface area contributed by atoms with Crippen LogP contribution in [0.2, 0.25) is 5.02 Å². The molecule has 2 aromatic rings. The summed E-state index contributed by atoms with van der Waals surface area (Å²) < 4.78 is 25.6. The first-order valence-electron chi connectivity index (χ1n) is 12.4. The van der Waals surface area contributed by atoms with Gasteiger partial charge in [-0.1, -0.05) is 49.7 Å². The van der Waals surface area contributed by atoms with Crippen LogP contribution in [0.15, 0.2) is 52.2 Å². The highest BCUT2D eigenvalue weighted by atomic mass is 35.5. The molecule has 1 aromatic heterocycles. The van der Waals surface area contributed by atoms with Crippen LogP contribution in [0.5, 0.6) is 0 Å². The Bertz CT molecular complexity index is 1470. The SMILES string of the molecule is CN(CC(C)(C)CO)C(=O)Cn1c2c(cc(C(=O)NCc3ccc(Cl)cc3)c1=O)C=CC(S(C)(=O)=O)=CCC2. The van der Waals surface area contributed by atoms with Crippen molar-refractivity contribution < 1.29 is 23.1 Å². The molecule has 1 aromatic carbocycles. The number of sulfone groups is 1. The highest BCUT2D eigenvalue weighted by Crippen LogP contribution is 2.22. The van der Waals surface area contributed by atoms with Gasteiger partial charge in [0.15, 0.2) is 9.84 Å². The zero-order valence-electron chi connectivity index (χ0n) is 22.5. The third-order valence-corrected chi connectivity index (χ3v) is 7.85. The number of aromatic nitrogens is 1. The molecule has 9 nitrogen and oxygen atoms in total. The van der Waals surface area contributed by atoms with Gasteiger partial charge in [-0.15, -0.1) is 0 Å². The van der Waals surface area contributed by atoms with Gasteiger partial charge in [-0.25, -0.2) is 8.42 Å². The average molecular weight is 576 g/mol. The highest BCUT2D eigenvalue weighted by Gasteiger charge is 2.25. The minimum atomic E-state index is -3.47. The van der Waals surface area contributed by atoms with Crippen LogP contribution in [-0.4, -0.2) is 61.3 Å². The summed E-state index contributed by atoms with van der Waals surface area (Å²) in [5, 5.41) is 12.9. The molecule has 2 amide bonds. The first-order valence-corrected chi connectivity index (χ1v) is 14.7. The molecule has 210 valence electrons. The molecule has 0 aliphatic heterocycles. The van der Waals surface area contributed by atoms with Crippen molar-refractivity contribution in [3.63, 3.8) is 0 Å². The van der Waals surface area contributed by atoms with Crippen molar-refractivity contribution in [2.24, 2.45) is 5.41 Å². The number of benzene rings is 1. The number of nitrogens with zero attached hydrogens (tertiary/aromatic N) is 2. The Labute approximate surface area is 233 Å². The van der Waals surface area contributed by atoms with Crippen LogP contribution < -0.4 is 10.9 Å². The molecule has 1 aliphatic rings. The molecular weight excluding hydrogens is 542 g/mol. The molecule has 1 heterocycles. The summed E-state index contributed by atoms with van der Waals surface area (Å²) in [6.45, 7) is 3.63. The summed E-state index contributed by atoms with van der Waals surface area (Å²) in [5.41, 5.74) is 0.466. The van der Waals surface area contributed by atoms with Gasteiger partial charge in [0.25, 0.3) is 11.5 Å². The molecule has 0 saturated carbocycles. The van der Waals surface area contributed by atoms with Crippen LogP contribution >= 0.6 is 11.6 Å². The van der Waals surface area contributed by atoms with E-state index in [4.69, 9.17) is 11.6 Å². The zero-order chi connectivity index (χ0) is 29.0. The average Bonchev–Trinajstić information content (AvgIpc) is 2.84. The van der Waals surface area contributed by atoms with Gasteiger partial charge in [0.1, 0.15) is 12.1 Å². The fourth-order valence-electron chi connectivity index (χ4n) is 4.26. The zero-order valence-corrected chi connectivity index (χ0v) is 24.1. The summed E-state index contributed by atoms with van der Waals surface area (Å²) in [6.07, 6.45) is 6.30. The minimum Gasteiger partial charge on any atom is -0.396 e. The molecule has 0 fully saturated rings. The predicted octanol–water partition coefficient (Wildman–Crippen LogP) is 2.80. The standard InChI is InChI=1S/C28H34ClN3O6S/c1-28(2,18-33)17-31(3)25(34)16-32-24-7-5-6-22(39(4,37)38)13-10-20(24)14-23(27(32)36)26(35)30-15-19-8-11-21(29)12-9-19/h6,8-14,33H,5,7,15-18H2,1-4H3,(H,30,35). The summed E-state index contributed by atoms with van der Waals surface area (Å²) in [7, 11) is -1.87. The second-order valence-corrected chi connectivity index (χ2v) is 12.9. The third kappa shape index (κ3) is 7.90. The highest BCUT2D eigenvalue weighted by molar-refractivity contribution is 7.94. The Hall–Kier alpha value is -3.21. The predicted molar refractivity (Wildman–Crippen MR) is 152 cm³/mol. The van der Waals surface area contributed by atoms with Crippen LogP contribution in [0.3, 0.4) is 0 Å². The molecule has 0 bridgehead atoms. The Morgan fingerprint density at radius 1 is 1.18 bits per heavy atom. The number of carbonyl (C=O) groups excluding carboxylic acids is 2. The van der Waals surface area contributed by atoms with Crippen molar-refractivity contribution in [2.45, 2.75) is 39.8 Å². The molecule has 2 N–H and O–H groups in total. The quantitative estimate of drug-likeness (QED) is 0.473. The summed E-state index contributed by atoms with van der Waals surface area (Å²) in [4.78, 5) is 41.5. The van der Waals surface area contributed by atoms with Crippen molar-refractivity contribution in [1.29, 1.82) is 0 Å². The number of nitrogens with one attached hydrogen (secondary N) is 1. The lowest BCUT2D eigenvalue weighted by molar-refractivity contribution is -0.132. The second kappa shape index (κ2) is 12.3. The van der Waals surface area contributed by atoms with E-state index in [0.717, 1.165) is 11.8 Å². The van der Waals surface area contributed by atoms with Crippen LogP contribution in [0, 0.1) is 5.41 Å². The fraction of sp³-hybridized carbons (Fsp3) is 0.393. The summed E-state index contributed by atoms with van der Waals surface area (Å²) in [6, 6.07) is 8.34. The summed E-state index contributed by atoms with van der Waals surface area (Å²) in [5.74, 6) is -0.985. The number of hydrogen-bond acceptors (Lipinski definition) is 6. The maximum absolute atomic E-state index is 13.6. The number of halogens is 1. The molecular formula is C28H34ClN3O6S. The van der Waals surface area contributed by atoms with E-state index in [2.05, 4.69) is 5.32 Å². The number of aliphatic hydroxyl groups excluding tert-OH is 1. The van der Waals surface area contributed by atoms with Gasteiger partial charge in [-0.3, -0.25) is 14.4 Å². The maximum atomic E-state index is 13.6. The van der Waals surface area contributed by atoms with Crippen molar-refractivity contribution in [3.8, 4) is 0 Å². The lowest BCUT2D eigenvalue weighted by Crippen LogP contribution is -2.42. The smallest absolute Gasteiger partial charge is 0.264 e. The van der Waals surface area contributed by atoms with Crippen molar-refractivity contribution >= 4 is 39.3 Å². The lowest BCUT2D eigenvalue weighted by atomic mass is 9.94. The van der Waals surface area contributed by atoms with Gasteiger partial charge in [-0.2, -0.15) is 0 Å². The number of likely N-dealkylation sites (N-methyl/N-ethyl adjacent to an activating group) is 1. The van der Waals surface area contributed by atoms with E-state index in [9.17, 15) is 27.9 Å². The molecule has 1 aliphatic carbocycles. The number of carbonyl (C=O) groups is 2. The Morgan fingerprint density at radius 3 is 2.46 bits per heavy atom. The van der Waals surface area contributed by atoms with E-state index in [1.165, 1.54) is 21.6 Å². The molecule has 11 heteroatoms. The number of amides is 2. The minimum absolute atomic E-state index is 0.122. The molecule has 0 saturated heterocycles. The monoisotopic (exact) mass is 575 g/mol. The first-order chi connectivity index (χ1) is 18.2. The largest absolute Gasteiger partial charge is 0.396 e. The van der Waals surface area contributed by atoms with E-state index in [0.29, 0.717) is 29.1 Å². The Kier molecular flexibility index (Phi) is 9.58. The van der Waals surface area contributed by atoms with Gasteiger partial charge < -0.3 is 19.9 Å². The van der Waals surface area contributed by atoms with Gasteiger partial charge in [0.2, 0.25) is 5.91 Å². The van der Waals surface area contributed by atoms with Gasteiger partial charge in [-0.05, 0) is 48.2 Å². The van der Waals surface area contributed by atoms with E-state index in [1.807, 2.05) is 13.8 Å². The molecule has 39 heavy (non-hydrogen) atoms. The van der Waals surface area contributed by atoms with Gasteiger partial charge in [0.05, 0.1) is 4.91 Å². The van der Waals surface area contributed by atoms with E-state index in [1.54, 1.807) is 43.5 Å².